The maximum Gasteiger partial charge on any atom is 0.173 e. The summed E-state index contributed by atoms with van der Waals surface area (Å²) in [5, 5.41) is 10.6. The molecule has 0 fully saturated rings. The van der Waals surface area contributed by atoms with Crippen LogP contribution in [0.15, 0.2) is 190 Å². The van der Waals surface area contributed by atoms with Crippen LogP contribution in [0.1, 0.15) is 22.9 Å². The molecule has 1 N–H and O–H groups in total. The number of nitrogens with one attached hydrogen (secondary N) is 1. The van der Waals surface area contributed by atoms with Crippen molar-refractivity contribution in [3.8, 4) is 22.3 Å². The third-order valence-corrected chi connectivity index (χ3v) is 9.93. The average molecular weight is 654 g/mol. The van der Waals surface area contributed by atoms with Gasteiger partial charge in [0.2, 0.25) is 0 Å². The third kappa shape index (κ3) is 5.08. The van der Waals surface area contributed by atoms with Crippen molar-refractivity contribution in [3.63, 3.8) is 0 Å². The number of para-hydroxylation sites is 1. The van der Waals surface area contributed by atoms with Crippen molar-refractivity contribution in [1.29, 1.82) is 0 Å². The van der Waals surface area contributed by atoms with Gasteiger partial charge in [0.1, 0.15) is 22.8 Å². The highest BCUT2D eigenvalue weighted by molar-refractivity contribution is 6.22. The van der Waals surface area contributed by atoms with Gasteiger partial charge in [-0.1, -0.05) is 164 Å². The van der Waals surface area contributed by atoms with E-state index >= 15 is 0 Å². The first-order chi connectivity index (χ1) is 25.3. The normalized spacial score (nSPS) is 14.5. The molecule has 1 aliphatic rings. The molecule has 0 amide bonds. The van der Waals surface area contributed by atoms with Crippen LogP contribution in [-0.2, 0) is 0 Å². The van der Waals surface area contributed by atoms with Gasteiger partial charge in [-0.15, -0.1) is 0 Å². The summed E-state index contributed by atoms with van der Waals surface area (Å²) in [6, 6.07) is 61.6. The van der Waals surface area contributed by atoms with E-state index in [1.807, 2.05) is 18.2 Å². The topological polar surface area (TPSA) is 49.9 Å². The molecule has 0 aliphatic carbocycles. The van der Waals surface area contributed by atoms with E-state index in [-0.39, 0.29) is 0 Å². The zero-order valence-electron chi connectivity index (χ0n) is 27.6. The molecule has 1 aromatic heterocycles. The number of rotatable bonds is 5. The molecule has 0 saturated heterocycles. The van der Waals surface area contributed by atoms with Crippen LogP contribution in [0, 0.1) is 0 Å². The molecule has 9 aromatic rings. The first-order valence-electron chi connectivity index (χ1n) is 17.3. The van der Waals surface area contributed by atoms with Crippen LogP contribution in [0.2, 0.25) is 0 Å². The lowest BCUT2D eigenvalue weighted by atomic mass is 9.94. The molecule has 0 spiro atoms. The highest BCUT2D eigenvalue weighted by atomic mass is 16.3. The summed E-state index contributed by atoms with van der Waals surface area (Å²) >= 11 is 0. The van der Waals surface area contributed by atoms with E-state index < -0.39 is 6.17 Å². The van der Waals surface area contributed by atoms with E-state index in [1.54, 1.807) is 0 Å². The molecule has 4 heteroatoms. The van der Waals surface area contributed by atoms with Gasteiger partial charge in [0.15, 0.2) is 6.17 Å². The van der Waals surface area contributed by atoms with Crippen LogP contribution >= 0.6 is 0 Å². The van der Waals surface area contributed by atoms with Crippen LogP contribution < -0.4 is 5.32 Å². The molecule has 8 aromatic carbocycles. The zero-order chi connectivity index (χ0) is 33.7. The van der Waals surface area contributed by atoms with Crippen LogP contribution in [0.5, 0.6) is 0 Å². The van der Waals surface area contributed by atoms with E-state index in [9.17, 15) is 0 Å². The van der Waals surface area contributed by atoms with Crippen molar-refractivity contribution in [2.75, 3.05) is 0 Å². The number of hydrogen-bond acceptors (Lipinski definition) is 4. The van der Waals surface area contributed by atoms with E-state index in [0.717, 1.165) is 67.0 Å². The summed E-state index contributed by atoms with van der Waals surface area (Å²) in [5.41, 5.74) is 9.22. The van der Waals surface area contributed by atoms with Crippen LogP contribution in [0.4, 0.5) is 0 Å². The lowest BCUT2D eigenvalue weighted by Gasteiger charge is -2.22. The number of hydrogen-bond donors (Lipinski definition) is 1. The predicted molar refractivity (Wildman–Crippen MR) is 211 cm³/mol. The Morgan fingerprint density at radius 2 is 1.02 bits per heavy atom. The first-order valence-corrected chi connectivity index (χ1v) is 17.3. The number of nitrogens with zero attached hydrogens (tertiary/aromatic N) is 2. The fourth-order valence-corrected chi connectivity index (χ4v) is 7.41. The Bertz CT molecular complexity index is 2820. The number of amidine groups is 2. The van der Waals surface area contributed by atoms with Gasteiger partial charge in [0.05, 0.1) is 0 Å². The van der Waals surface area contributed by atoms with E-state index in [4.69, 9.17) is 14.4 Å². The van der Waals surface area contributed by atoms with Gasteiger partial charge in [-0.05, 0) is 55.9 Å². The minimum absolute atomic E-state index is 0.513. The number of fused-ring (bicyclic) bond motifs is 6. The summed E-state index contributed by atoms with van der Waals surface area (Å²) in [7, 11) is 0. The molecule has 10 rings (SSSR count). The predicted octanol–water partition coefficient (Wildman–Crippen LogP) is 11.7. The monoisotopic (exact) mass is 653 g/mol. The van der Waals surface area contributed by atoms with Gasteiger partial charge in [-0.3, -0.25) is 0 Å². The largest absolute Gasteiger partial charge is 0.456 e. The molecule has 0 radical (unpaired) electrons. The van der Waals surface area contributed by atoms with Crippen LogP contribution in [0.25, 0.3) is 65.7 Å². The fourth-order valence-electron chi connectivity index (χ4n) is 7.41. The summed E-state index contributed by atoms with van der Waals surface area (Å²) in [4.78, 5) is 10.4. The second kappa shape index (κ2) is 12.0. The average Bonchev–Trinajstić information content (AvgIpc) is 3.60. The van der Waals surface area contributed by atoms with Crippen LogP contribution in [-0.4, -0.2) is 11.7 Å². The van der Waals surface area contributed by atoms with Gasteiger partial charge in [-0.25, -0.2) is 9.98 Å². The van der Waals surface area contributed by atoms with Gasteiger partial charge in [0, 0.05) is 27.5 Å². The van der Waals surface area contributed by atoms with Gasteiger partial charge < -0.3 is 9.73 Å². The minimum atomic E-state index is -0.513. The quantitative estimate of drug-likeness (QED) is 0.201. The molecule has 2 heterocycles. The van der Waals surface area contributed by atoms with Crippen LogP contribution in [0.3, 0.4) is 0 Å². The highest BCUT2D eigenvalue weighted by Gasteiger charge is 2.25. The zero-order valence-corrected chi connectivity index (χ0v) is 27.6. The maximum absolute atomic E-state index is 6.83. The number of aliphatic imine (C=N–C) groups is 2. The van der Waals surface area contributed by atoms with Gasteiger partial charge in [-0.2, -0.15) is 0 Å². The molecule has 1 aliphatic heterocycles. The highest BCUT2D eigenvalue weighted by Crippen LogP contribution is 2.42. The first kappa shape index (κ1) is 29.2. The second-order valence-electron chi connectivity index (χ2n) is 13.0. The Hall–Kier alpha value is -6.78. The van der Waals surface area contributed by atoms with Crippen molar-refractivity contribution >= 4 is 55.2 Å². The SMILES string of the molecule is c1ccc(C2=NC(c3cccc4c3oc3cc(-c5ccccc5)c5ccccc5c34)N=C(c3ccc(-c4ccc5ccccc5c4)cc3)N2)cc1. The minimum Gasteiger partial charge on any atom is -0.456 e. The molecule has 0 bridgehead atoms. The molecule has 1 atom stereocenters. The Morgan fingerprint density at radius 1 is 0.431 bits per heavy atom. The standard InChI is InChI=1S/C47H31N3O/c1-3-13-32(14-4-1)41-29-42-43(38-19-10-9-18-37(38)41)39-20-11-21-40(44(39)51-42)47-49-45(33-15-5-2-6-16-33)48-46(50-47)34-25-22-31(23-26-34)36-27-24-30-12-7-8-17-35(30)28-36/h1-29,47H,(H,48,49,50). The number of benzene rings is 8. The Kier molecular flexibility index (Phi) is 6.85. The summed E-state index contributed by atoms with van der Waals surface area (Å²) in [6.07, 6.45) is -0.513. The molecule has 240 valence electrons. The third-order valence-electron chi connectivity index (χ3n) is 9.93. The van der Waals surface area contributed by atoms with Crippen molar-refractivity contribution < 1.29 is 4.42 Å². The molecule has 51 heavy (non-hydrogen) atoms. The van der Waals surface area contributed by atoms with Crippen molar-refractivity contribution in [2.45, 2.75) is 6.17 Å². The molecule has 0 saturated carbocycles. The number of furan rings is 1. The summed E-state index contributed by atoms with van der Waals surface area (Å²) < 4.78 is 6.83. The van der Waals surface area contributed by atoms with Crippen molar-refractivity contribution in [2.24, 2.45) is 9.98 Å². The van der Waals surface area contributed by atoms with E-state index in [0.29, 0.717) is 0 Å². The lowest BCUT2D eigenvalue weighted by molar-refractivity contribution is 0.649. The van der Waals surface area contributed by atoms with E-state index in [2.05, 4.69) is 163 Å². The van der Waals surface area contributed by atoms with Gasteiger partial charge >= 0.3 is 0 Å². The smallest absolute Gasteiger partial charge is 0.173 e. The van der Waals surface area contributed by atoms with Crippen molar-refractivity contribution in [3.05, 3.63) is 193 Å². The summed E-state index contributed by atoms with van der Waals surface area (Å²) in [6.45, 7) is 0. The van der Waals surface area contributed by atoms with Crippen molar-refractivity contribution in [1.82, 2.24) is 5.32 Å². The lowest BCUT2D eigenvalue weighted by Crippen LogP contribution is -2.36. The molecular weight excluding hydrogens is 623 g/mol. The molecule has 4 nitrogen and oxygen atoms in total. The summed E-state index contributed by atoms with van der Waals surface area (Å²) in [5.74, 6) is 1.54. The fraction of sp³-hybridized carbons (Fsp3) is 0.0213. The maximum atomic E-state index is 6.83. The Labute approximate surface area is 295 Å². The van der Waals surface area contributed by atoms with Gasteiger partial charge in [0.25, 0.3) is 0 Å². The Morgan fingerprint density at radius 3 is 1.78 bits per heavy atom. The Balaban J connectivity index is 1.11. The molecule has 1 unspecified atom stereocenters. The second-order valence-corrected chi connectivity index (χ2v) is 13.0. The van der Waals surface area contributed by atoms with E-state index in [1.165, 1.54) is 27.1 Å². The molecular formula is C47H31N3O.